The second kappa shape index (κ2) is 5.77. The van der Waals surface area contributed by atoms with Gasteiger partial charge in [-0.25, -0.2) is 4.98 Å². The zero-order valence-corrected chi connectivity index (χ0v) is 10.2. The molecule has 0 aromatic carbocycles. The standard InChI is InChI=1S/C11H16N4S/c1-2-11-14-10(9-16-11)8-12-5-7-15-6-3-4-13-15/h3-4,6,9,12H,2,5,7-8H2,1H3. The van der Waals surface area contributed by atoms with Crippen LogP contribution in [-0.2, 0) is 19.5 Å². The number of nitrogens with zero attached hydrogens (tertiary/aromatic N) is 3. The van der Waals surface area contributed by atoms with Gasteiger partial charge in [0, 0.05) is 30.9 Å². The van der Waals surface area contributed by atoms with Crippen LogP contribution in [0.2, 0.25) is 0 Å². The van der Waals surface area contributed by atoms with Crippen molar-refractivity contribution in [2.45, 2.75) is 26.4 Å². The lowest BCUT2D eigenvalue weighted by Gasteiger charge is -2.02. The zero-order chi connectivity index (χ0) is 11.2. The first-order chi connectivity index (χ1) is 7.88. The van der Waals surface area contributed by atoms with Crippen molar-refractivity contribution in [1.29, 1.82) is 0 Å². The fourth-order valence-corrected chi connectivity index (χ4v) is 2.18. The van der Waals surface area contributed by atoms with Gasteiger partial charge in [-0.15, -0.1) is 11.3 Å². The molecule has 0 aliphatic carbocycles. The highest BCUT2D eigenvalue weighted by atomic mass is 32.1. The molecule has 0 fully saturated rings. The van der Waals surface area contributed by atoms with Gasteiger partial charge in [-0.2, -0.15) is 5.10 Å². The molecule has 2 aromatic heterocycles. The second-order valence-corrected chi connectivity index (χ2v) is 4.47. The highest BCUT2D eigenvalue weighted by molar-refractivity contribution is 7.09. The Labute approximate surface area is 99.3 Å². The zero-order valence-electron chi connectivity index (χ0n) is 9.39. The summed E-state index contributed by atoms with van der Waals surface area (Å²) >= 11 is 1.74. The molecule has 16 heavy (non-hydrogen) atoms. The van der Waals surface area contributed by atoms with E-state index < -0.39 is 0 Å². The van der Waals surface area contributed by atoms with Crippen molar-refractivity contribution in [3.05, 3.63) is 34.5 Å². The van der Waals surface area contributed by atoms with Crippen LogP contribution in [0.3, 0.4) is 0 Å². The predicted molar refractivity (Wildman–Crippen MR) is 65.4 cm³/mol. The van der Waals surface area contributed by atoms with Crippen molar-refractivity contribution in [1.82, 2.24) is 20.1 Å². The van der Waals surface area contributed by atoms with E-state index in [1.165, 1.54) is 5.01 Å². The van der Waals surface area contributed by atoms with Gasteiger partial charge in [-0.3, -0.25) is 4.68 Å². The third-order valence-electron chi connectivity index (χ3n) is 2.28. The van der Waals surface area contributed by atoms with Crippen LogP contribution < -0.4 is 5.32 Å². The molecule has 2 heterocycles. The highest BCUT2D eigenvalue weighted by Crippen LogP contribution is 2.09. The molecule has 0 unspecified atom stereocenters. The Morgan fingerprint density at radius 1 is 1.50 bits per heavy atom. The van der Waals surface area contributed by atoms with Crippen LogP contribution in [0.5, 0.6) is 0 Å². The third kappa shape index (κ3) is 3.15. The number of aromatic nitrogens is 3. The summed E-state index contributed by atoms with van der Waals surface area (Å²) in [5, 5.41) is 10.8. The van der Waals surface area contributed by atoms with Crippen molar-refractivity contribution in [3.63, 3.8) is 0 Å². The molecule has 2 rings (SSSR count). The molecule has 0 radical (unpaired) electrons. The fraction of sp³-hybridized carbons (Fsp3) is 0.455. The van der Waals surface area contributed by atoms with E-state index in [0.29, 0.717) is 0 Å². The van der Waals surface area contributed by atoms with Gasteiger partial charge in [0.05, 0.1) is 17.2 Å². The van der Waals surface area contributed by atoms with Crippen molar-refractivity contribution in [3.8, 4) is 0 Å². The molecular formula is C11H16N4S. The summed E-state index contributed by atoms with van der Waals surface area (Å²) in [5.74, 6) is 0. The lowest BCUT2D eigenvalue weighted by molar-refractivity contribution is 0.552. The molecule has 0 bridgehead atoms. The first-order valence-corrected chi connectivity index (χ1v) is 6.38. The smallest absolute Gasteiger partial charge is 0.0926 e. The van der Waals surface area contributed by atoms with E-state index in [9.17, 15) is 0 Å². The number of hydrogen-bond donors (Lipinski definition) is 1. The van der Waals surface area contributed by atoms with Crippen molar-refractivity contribution < 1.29 is 0 Å². The number of nitrogens with one attached hydrogen (secondary N) is 1. The maximum Gasteiger partial charge on any atom is 0.0926 e. The fourth-order valence-electron chi connectivity index (χ4n) is 1.44. The monoisotopic (exact) mass is 236 g/mol. The maximum atomic E-state index is 4.50. The lowest BCUT2D eigenvalue weighted by atomic mass is 10.4. The summed E-state index contributed by atoms with van der Waals surface area (Å²) in [7, 11) is 0. The minimum atomic E-state index is 0.845. The summed E-state index contributed by atoms with van der Waals surface area (Å²) in [4.78, 5) is 4.50. The summed E-state index contributed by atoms with van der Waals surface area (Å²) in [6, 6.07) is 1.94. The Bertz CT molecular complexity index is 407. The molecule has 0 aliphatic heterocycles. The van der Waals surface area contributed by atoms with Crippen molar-refractivity contribution >= 4 is 11.3 Å². The Morgan fingerprint density at radius 3 is 3.12 bits per heavy atom. The maximum absolute atomic E-state index is 4.50. The third-order valence-corrected chi connectivity index (χ3v) is 3.33. The van der Waals surface area contributed by atoms with Gasteiger partial charge in [0.2, 0.25) is 0 Å². The second-order valence-electron chi connectivity index (χ2n) is 3.53. The van der Waals surface area contributed by atoms with Crippen LogP contribution in [0.15, 0.2) is 23.8 Å². The van der Waals surface area contributed by atoms with E-state index in [-0.39, 0.29) is 0 Å². The Hall–Kier alpha value is -1.20. The van der Waals surface area contributed by atoms with E-state index in [4.69, 9.17) is 0 Å². The Morgan fingerprint density at radius 2 is 2.44 bits per heavy atom. The predicted octanol–water partition coefficient (Wildman–Crippen LogP) is 1.69. The van der Waals surface area contributed by atoms with Gasteiger partial charge in [0.1, 0.15) is 0 Å². The summed E-state index contributed by atoms with van der Waals surface area (Å²) in [6.45, 7) is 4.80. The van der Waals surface area contributed by atoms with E-state index in [2.05, 4.69) is 27.7 Å². The van der Waals surface area contributed by atoms with Gasteiger partial charge < -0.3 is 5.32 Å². The molecular weight excluding hydrogens is 220 g/mol. The van der Waals surface area contributed by atoms with E-state index in [0.717, 1.165) is 31.7 Å². The normalized spacial score (nSPS) is 10.8. The molecule has 4 nitrogen and oxygen atoms in total. The van der Waals surface area contributed by atoms with Gasteiger partial charge in [-0.1, -0.05) is 6.92 Å². The molecule has 5 heteroatoms. The molecule has 1 N–H and O–H groups in total. The van der Waals surface area contributed by atoms with Gasteiger partial charge in [0.15, 0.2) is 0 Å². The van der Waals surface area contributed by atoms with Gasteiger partial charge in [-0.05, 0) is 12.5 Å². The Balaban J connectivity index is 1.68. The lowest BCUT2D eigenvalue weighted by Crippen LogP contribution is -2.19. The summed E-state index contributed by atoms with van der Waals surface area (Å²) in [6.07, 6.45) is 4.80. The highest BCUT2D eigenvalue weighted by Gasteiger charge is 1.99. The van der Waals surface area contributed by atoms with Crippen LogP contribution in [0.4, 0.5) is 0 Å². The van der Waals surface area contributed by atoms with E-state index >= 15 is 0 Å². The SMILES string of the molecule is CCc1nc(CNCCn2cccn2)cs1. The Kier molecular flexibility index (Phi) is 4.07. The number of aryl methyl sites for hydroxylation is 1. The molecule has 0 amide bonds. The van der Waals surface area contributed by atoms with Crippen LogP contribution >= 0.6 is 11.3 Å². The van der Waals surface area contributed by atoms with Crippen molar-refractivity contribution in [2.75, 3.05) is 6.54 Å². The van der Waals surface area contributed by atoms with Crippen LogP contribution in [0.1, 0.15) is 17.6 Å². The van der Waals surface area contributed by atoms with Crippen LogP contribution in [0.25, 0.3) is 0 Å². The van der Waals surface area contributed by atoms with E-state index in [1.54, 1.807) is 17.5 Å². The molecule has 0 spiro atoms. The van der Waals surface area contributed by atoms with Crippen LogP contribution in [0, 0.1) is 0 Å². The molecule has 2 aromatic rings. The number of thiazole rings is 1. The van der Waals surface area contributed by atoms with Crippen LogP contribution in [-0.4, -0.2) is 21.3 Å². The molecule has 0 aliphatic rings. The summed E-state index contributed by atoms with van der Waals surface area (Å²) < 4.78 is 1.92. The van der Waals surface area contributed by atoms with Gasteiger partial charge >= 0.3 is 0 Å². The average molecular weight is 236 g/mol. The molecule has 0 saturated heterocycles. The first-order valence-electron chi connectivity index (χ1n) is 5.50. The van der Waals surface area contributed by atoms with Gasteiger partial charge in [0.25, 0.3) is 0 Å². The number of rotatable bonds is 6. The minimum absolute atomic E-state index is 0.845. The minimum Gasteiger partial charge on any atom is -0.309 e. The quantitative estimate of drug-likeness (QED) is 0.776. The van der Waals surface area contributed by atoms with E-state index in [1.807, 2.05) is 16.9 Å². The number of hydrogen-bond acceptors (Lipinski definition) is 4. The molecule has 0 saturated carbocycles. The summed E-state index contributed by atoms with van der Waals surface area (Å²) in [5.41, 5.74) is 1.14. The largest absolute Gasteiger partial charge is 0.309 e. The first kappa shape index (κ1) is 11.3. The average Bonchev–Trinajstić information content (AvgIpc) is 2.95. The molecule has 0 atom stereocenters. The topological polar surface area (TPSA) is 42.7 Å². The molecule has 86 valence electrons. The van der Waals surface area contributed by atoms with Crippen molar-refractivity contribution in [2.24, 2.45) is 0 Å².